The SMILES string of the molecule is Nc1ncnc(Nc2ccc(Cl)c(Cl)c2)n1. The van der Waals surface area contributed by atoms with Crippen molar-refractivity contribution in [3.05, 3.63) is 34.6 Å². The van der Waals surface area contributed by atoms with Crippen LogP contribution in [0, 0.1) is 0 Å². The number of hydrogen-bond acceptors (Lipinski definition) is 5. The summed E-state index contributed by atoms with van der Waals surface area (Å²) in [5.74, 6) is 0.503. The first kappa shape index (κ1) is 10.9. The van der Waals surface area contributed by atoms with Gasteiger partial charge in [-0.25, -0.2) is 9.97 Å². The molecule has 2 rings (SSSR count). The van der Waals surface area contributed by atoms with Crippen LogP contribution in [0.5, 0.6) is 0 Å². The van der Waals surface area contributed by atoms with Gasteiger partial charge in [0.25, 0.3) is 0 Å². The topological polar surface area (TPSA) is 76.7 Å². The Hall–Kier alpha value is -1.59. The standard InChI is InChI=1S/C9H7Cl2N5/c10-6-2-1-5(3-7(6)11)15-9-14-4-13-8(12)16-9/h1-4H,(H3,12,13,14,15,16). The second kappa shape index (κ2) is 4.51. The van der Waals surface area contributed by atoms with Gasteiger partial charge >= 0.3 is 0 Å². The van der Waals surface area contributed by atoms with Gasteiger partial charge in [-0.3, -0.25) is 0 Å². The molecular weight excluding hydrogens is 249 g/mol. The van der Waals surface area contributed by atoms with Crippen LogP contribution < -0.4 is 11.1 Å². The Kier molecular flexibility index (Phi) is 3.07. The molecule has 0 bridgehead atoms. The van der Waals surface area contributed by atoms with Gasteiger partial charge in [-0.1, -0.05) is 23.2 Å². The molecule has 0 saturated heterocycles. The fourth-order valence-corrected chi connectivity index (χ4v) is 1.37. The number of benzene rings is 1. The summed E-state index contributed by atoms with van der Waals surface area (Å²) >= 11 is 11.6. The van der Waals surface area contributed by atoms with E-state index in [1.165, 1.54) is 6.33 Å². The summed E-state index contributed by atoms with van der Waals surface area (Å²) in [6, 6.07) is 5.11. The van der Waals surface area contributed by atoms with E-state index in [1.54, 1.807) is 18.2 Å². The van der Waals surface area contributed by atoms with E-state index in [1.807, 2.05) is 0 Å². The number of nitrogens with one attached hydrogen (secondary N) is 1. The molecule has 0 aliphatic rings. The molecule has 0 spiro atoms. The van der Waals surface area contributed by atoms with Crippen LogP contribution in [0.4, 0.5) is 17.6 Å². The van der Waals surface area contributed by atoms with Gasteiger partial charge in [-0.15, -0.1) is 0 Å². The molecule has 16 heavy (non-hydrogen) atoms. The molecule has 2 aromatic rings. The van der Waals surface area contributed by atoms with E-state index in [2.05, 4.69) is 20.3 Å². The molecule has 7 heteroatoms. The first-order chi connectivity index (χ1) is 7.65. The molecule has 82 valence electrons. The highest BCUT2D eigenvalue weighted by Gasteiger charge is 2.02. The highest BCUT2D eigenvalue weighted by Crippen LogP contribution is 2.26. The molecule has 0 aliphatic carbocycles. The number of nitrogens with two attached hydrogens (primary N) is 1. The summed E-state index contributed by atoms with van der Waals surface area (Å²) in [4.78, 5) is 11.5. The van der Waals surface area contributed by atoms with E-state index in [4.69, 9.17) is 28.9 Å². The summed E-state index contributed by atoms with van der Waals surface area (Å²) in [5.41, 5.74) is 6.14. The number of rotatable bonds is 2. The maximum Gasteiger partial charge on any atom is 0.231 e. The lowest BCUT2D eigenvalue weighted by Gasteiger charge is -2.05. The van der Waals surface area contributed by atoms with E-state index >= 15 is 0 Å². The van der Waals surface area contributed by atoms with Crippen LogP contribution in [0.25, 0.3) is 0 Å². The average molecular weight is 256 g/mol. The van der Waals surface area contributed by atoms with Crippen LogP contribution in [-0.4, -0.2) is 15.0 Å². The Bertz CT molecular complexity index is 517. The van der Waals surface area contributed by atoms with Gasteiger partial charge in [0, 0.05) is 5.69 Å². The molecule has 0 radical (unpaired) electrons. The van der Waals surface area contributed by atoms with Crippen molar-refractivity contribution in [1.29, 1.82) is 0 Å². The summed E-state index contributed by atoms with van der Waals surface area (Å²) < 4.78 is 0. The molecule has 0 atom stereocenters. The lowest BCUT2D eigenvalue weighted by atomic mass is 10.3. The molecule has 0 amide bonds. The van der Waals surface area contributed by atoms with E-state index in [0.29, 0.717) is 16.0 Å². The minimum atomic E-state index is 0.151. The van der Waals surface area contributed by atoms with Gasteiger partial charge in [-0.2, -0.15) is 4.98 Å². The van der Waals surface area contributed by atoms with Gasteiger partial charge < -0.3 is 11.1 Å². The summed E-state index contributed by atoms with van der Waals surface area (Å²) in [6.45, 7) is 0. The molecular formula is C9H7Cl2N5. The van der Waals surface area contributed by atoms with Gasteiger partial charge in [-0.05, 0) is 18.2 Å². The molecule has 1 aromatic carbocycles. The van der Waals surface area contributed by atoms with E-state index in [0.717, 1.165) is 5.69 Å². The van der Waals surface area contributed by atoms with Crippen molar-refractivity contribution in [2.24, 2.45) is 0 Å². The lowest BCUT2D eigenvalue weighted by Crippen LogP contribution is -2.01. The van der Waals surface area contributed by atoms with Gasteiger partial charge in [0.15, 0.2) is 0 Å². The van der Waals surface area contributed by atoms with Gasteiger partial charge in [0.2, 0.25) is 11.9 Å². The highest BCUT2D eigenvalue weighted by atomic mass is 35.5. The molecule has 1 heterocycles. The van der Waals surface area contributed by atoms with Crippen molar-refractivity contribution in [2.75, 3.05) is 11.1 Å². The molecule has 3 N–H and O–H groups in total. The van der Waals surface area contributed by atoms with Crippen molar-refractivity contribution in [2.45, 2.75) is 0 Å². The van der Waals surface area contributed by atoms with Gasteiger partial charge in [0.1, 0.15) is 6.33 Å². The van der Waals surface area contributed by atoms with Crippen LogP contribution in [0.15, 0.2) is 24.5 Å². The van der Waals surface area contributed by atoms with Crippen molar-refractivity contribution in [1.82, 2.24) is 15.0 Å². The Morgan fingerprint density at radius 1 is 1.12 bits per heavy atom. The molecule has 1 aromatic heterocycles. The average Bonchev–Trinajstić information content (AvgIpc) is 2.24. The quantitative estimate of drug-likeness (QED) is 0.863. The number of aromatic nitrogens is 3. The largest absolute Gasteiger partial charge is 0.368 e. The third-order valence-corrected chi connectivity index (χ3v) is 2.51. The molecule has 0 saturated carbocycles. The number of hydrogen-bond donors (Lipinski definition) is 2. The first-order valence-corrected chi connectivity index (χ1v) is 5.07. The Morgan fingerprint density at radius 3 is 2.62 bits per heavy atom. The fourth-order valence-electron chi connectivity index (χ4n) is 1.07. The third-order valence-electron chi connectivity index (χ3n) is 1.77. The minimum Gasteiger partial charge on any atom is -0.368 e. The van der Waals surface area contributed by atoms with Crippen molar-refractivity contribution in [3.8, 4) is 0 Å². The van der Waals surface area contributed by atoms with Crippen molar-refractivity contribution in [3.63, 3.8) is 0 Å². The van der Waals surface area contributed by atoms with Crippen LogP contribution in [0.1, 0.15) is 0 Å². The summed E-state index contributed by atoms with van der Waals surface area (Å²) in [7, 11) is 0. The first-order valence-electron chi connectivity index (χ1n) is 4.32. The lowest BCUT2D eigenvalue weighted by molar-refractivity contribution is 1.07. The van der Waals surface area contributed by atoms with Gasteiger partial charge in [0.05, 0.1) is 10.0 Å². The zero-order valence-electron chi connectivity index (χ0n) is 7.98. The van der Waals surface area contributed by atoms with E-state index < -0.39 is 0 Å². The maximum absolute atomic E-state index is 5.86. The van der Waals surface area contributed by atoms with Crippen molar-refractivity contribution >= 4 is 40.8 Å². The molecule has 0 unspecified atom stereocenters. The smallest absolute Gasteiger partial charge is 0.231 e. The van der Waals surface area contributed by atoms with E-state index in [9.17, 15) is 0 Å². The minimum absolute atomic E-state index is 0.151. The fraction of sp³-hybridized carbons (Fsp3) is 0. The van der Waals surface area contributed by atoms with Crippen molar-refractivity contribution < 1.29 is 0 Å². The zero-order chi connectivity index (χ0) is 11.5. The number of anilines is 3. The number of halogens is 2. The summed E-state index contributed by atoms with van der Waals surface area (Å²) in [6.07, 6.45) is 1.32. The Morgan fingerprint density at radius 2 is 1.94 bits per heavy atom. The van der Waals surface area contributed by atoms with E-state index in [-0.39, 0.29) is 5.95 Å². The van der Waals surface area contributed by atoms with Crippen LogP contribution in [0.3, 0.4) is 0 Å². The molecule has 0 fully saturated rings. The monoisotopic (exact) mass is 255 g/mol. The number of nitrogens with zero attached hydrogens (tertiary/aromatic N) is 3. The molecule has 0 aliphatic heterocycles. The van der Waals surface area contributed by atoms with Crippen LogP contribution in [0.2, 0.25) is 10.0 Å². The predicted molar refractivity (Wildman–Crippen MR) is 64.0 cm³/mol. The second-order valence-electron chi connectivity index (χ2n) is 2.92. The Balaban J connectivity index is 2.24. The maximum atomic E-state index is 5.86. The Labute approximate surface area is 102 Å². The second-order valence-corrected chi connectivity index (χ2v) is 3.74. The van der Waals surface area contributed by atoms with Crippen LogP contribution in [-0.2, 0) is 0 Å². The summed E-state index contributed by atoms with van der Waals surface area (Å²) in [5, 5.41) is 3.87. The number of nitrogen functional groups attached to an aromatic ring is 1. The molecule has 5 nitrogen and oxygen atoms in total. The predicted octanol–water partition coefficient (Wildman–Crippen LogP) is 2.50. The highest BCUT2D eigenvalue weighted by molar-refractivity contribution is 6.42. The zero-order valence-corrected chi connectivity index (χ0v) is 9.50. The normalized spacial score (nSPS) is 10.1. The van der Waals surface area contributed by atoms with Crippen LogP contribution >= 0.6 is 23.2 Å². The third kappa shape index (κ3) is 2.50.